The number of pyridine rings is 1. The maximum absolute atomic E-state index is 2.29. The van der Waals surface area contributed by atoms with Crippen molar-refractivity contribution in [3.63, 3.8) is 0 Å². The average Bonchev–Trinajstić information content (AvgIpc) is 2.19. The topological polar surface area (TPSA) is 3.88 Å². The lowest BCUT2D eigenvalue weighted by molar-refractivity contribution is -0.720. The molecule has 0 aliphatic rings. The summed E-state index contributed by atoms with van der Waals surface area (Å²) in [6.07, 6.45) is 9.61. The number of rotatable bonds is 5. The Kier molecular flexibility index (Phi) is 7.50. The molecule has 2 heteroatoms. The van der Waals surface area contributed by atoms with Crippen molar-refractivity contribution in [1.29, 1.82) is 0 Å². The van der Waals surface area contributed by atoms with E-state index in [0.717, 1.165) is 0 Å². The van der Waals surface area contributed by atoms with Crippen LogP contribution in [0.15, 0.2) is 30.6 Å². The standard InChI is InChI=1S/C12H20N.ClH/c1-3-4-6-9-12(2)13-10-7-5-8-11-13;/h5,7-8,10-12H,3-4,6,9H2,1-2H3;1H/q+1;/p-1. The number of aromatic nitrogens is 1. The molecule has 0 amide bonds. The first-order valence-corrected chi connectivity index (χ1v) is 5.30. The fourth-order valence-electron chi connectivity index (χ4n) is 1.54. The maximum Gasteiger partial charge on any atom is 0.169 e. The first-order valence-electron chi connectivity index (χ1n) is 5.30. The quantitative estimate of drug-likeness (QED) is 0.483. The molecule has 1 aromatic rings. The van der Waals surface area contributed by atoms with E-state index in [-0.39, 0.29) is 12.4 Å². The van der Waals surface area contributed by atoms with Crippen molar-refractivity contribution in [3.05, 3.63) is 30.6 Å². The van der Waals surface area contributed by atoms with Crippen LogP contribution in [-0.4, -0.2) is 0 Å². The highest BCUT2D eigenvalue weighted by atomic mass is 35.5. The van der Waals surface area contributed by atoms with Gasteiger partial charge in [-0.15, -0.1) is 0 Å². The first-order chi connectivity index (χ1) is 6.34. The second-order valence-electron chi connectivity index (χ2n) is 3.67. The molecule has 0 radical (unpaired) electrons. The van der Waals surface area contributed by atoms with Crippen molar-refractivity contribution >= 4 is 0 Å². The van der Waals surface area contributed by atoms with Gasteiger partial charge in [-0.05, 0) is 13.3 Å². The minimum Gasteiger partial charge on any atom is -1.00 e. The van der Waals surface area contributed by atoms with Gasteiger partial charge in [0.1, 0.15) is 0 Å². The van der Waals surface area contributed by atoms with Gasteiger partial charge in [0.25, 0.3) is 0 Å². The van der Waals surface area contributed by atoms with Crippen LogP contribution < -0.4 is 17.0 Å². The Morgan fingerprint density at radius 3 is 2.29 bits per heavy atom. The van der Waals surface area contributed by atoms with Crippen LogP contribution in [-0.2, 0) is 0 Å². The molecule has 0 saturated heterocycles. The summed E-state index contributed by atoms with van der Waals surface area (Å²) >= 11 is 0. The van der Waals surface area contributed by atoms with Gasteiger partial charge in [-0.25, -0.2) is 4.57 Å². The van der Waals surface area contributed by atoms with Gasteiger partial charge in [-0.2, -0.15) is 0 Å². The summed E-state index contributed by atoms with van der Waals surface area (Å²) in [7, 11) is 0. The van der Waals surface area contributed by atoms with Crippen LogP contribution >= 0.6 is 0 Å². The Bertz CT molecular complexity index is 223. The Morgan fingerprint density at radius 1 is 1.07 bits per heavy atom. The molecular formula is C12H20ClN. The number of halogens is 1. The maximum atomic E-state index is 2.29. The van der Waals surface area contributed by atoms with Gasteiger partial charge in [0.2, 0.25) is 0 Å². The van der Waals surface area contributed by atoms with E-state index in [1.807, 2.05) is 0 Å². The second-order valence-corrected chi connectivity index (χ2v) is 3.67. The van der Waals surface area contributed by atoms with Crippen molar-refractivity contribution in [2.24, 2.45) is 0 Å². The van der Waals surface area contributed by atoms with Gasteiger partial charge in [-0.1, -0.05) is 25.8 Å². The lowest BCUT2D eigenvalue weighted by Gasteiger charge is -2.05. The number of unbranched alkanes of at least 4 members (excludes halogenated alkanes) is 2. The summed E-state index contributed by atoms with van der Waals surface area (Å²) in [6.45, 7) is 4.54. The van der Waals surface area contributed by atoms with Crippen molar-refractivity contribution in [2.75, 3.05) is 0 Å². The molecule has 1 aromatic heterocycles. The molecule has 1 heterocycles. The molecule has 0 fully saturated rings. The van der Waals surface area contributed by atoms with E-state index in [0.29, 0.717) is 6.04 Å². The van der Waals surface area contributed by atoms with Crippen LogP contribution in [0.1, 0.15) is 45.6 Å². The van der Waals surface area contributed by atoms with Crippen LogP contribution in [0, 0.1) is 0 Å². The van der Waals surface area contributed by atoms with E-state index in [9.17, 15) is 0 Å². The third-order valence-corrected chi connectivity index (χ3v) is 2.47. The molecule has 0 bridgehead atoms. The first kappa shape index (κ1) is 13.4. The molecule has 1 rings (SSSR count). The minimum absolute atomic E-state index is 0. The molecule has 80 valence electrons. The summed E-state index contributed by atoms with van der Waals surface area (Å²) in [6, 6.07) is 6.90. The summed E-state index contributed by atoms with van der Waals surface area (Å²) < 4.78 is 2.29. The Morgan fingerprint density at radius 2 is 1.71 bits per heavy atom. The zero-order valence-corrected chi connectivity index (χ0v) is 9.87. The summed E-state index contributed by atoms with van der Waals surface area (Å²) in [4.78, 5) is 0. The molecule has 1 nitrogen and oxygen atoms in total. The summed E-state index contributed by atoms with van der Waals surface area (Å²) in [5.74, 6) is 0. The largest absolute Gasteiger partial charge is 1.00 e. The third kappa shape index (κ3) is 4.61. The number of nitrogens with zero attached hydrogens (tertiary/aromatic N) is 1. The molecule has 1 atom stereocenters. The van der Waals surface area contributed by atoms with E-state index < -0.39 is 0 Å². The van der Waals surface area contributed by atoms with Gasteiger partial charge in [0.15, 0.2) is 18.4 Å². The zero-order valence-electron chi connectivity index (χ0n) is 9.12. The van der Waals surface area contributed by atoms with E-state index in [4.69, 9.17) is 0 Å². The predicted octanol–water partition coefficient (Wildman–Crippen LogP) is 0.119. The lowest BCUT2D eigenvalue weighted by Crippen LogP contribution is -3.00. The van der Waals surface area contributed by atoms with Gasteiger partial charge in [-0.3, -0.25) is 0 Å². The minimum atomic E-state index is 0. The van der Waals surface area contributed by atoms with E-state index in [1.165, 1.54) is 25.7 Å². The van der Waals surface area contributed by atoms with Crippen molar-refractivity contribution < 1.29 is 17.0 Å². The van der Waals surface area contributed by atoms with Gasteiger partial charge in [0.05, 0.1) is 0 Å². The highest BCUT2D eigenvalue weighted by molar-refractivity contribution is 4.83. The molecule has 0 saturated carbocycles. The van der Waals surface area contributed by atoms with Gasteiger partial charge >= 0.3 is 0 Å². The predicted molar refractivity (Wildman–Crippen MR) is 55.5 cm³/mol. The lowest BCUT2D eigenvalue weighted by atomic mass is 10.1. The van der Waals surface area contributed by atoms with Crippen LogP contribution in [0.25, 0.3) is 0 Å². The van der Waals surface area contributed by atoms with Crippen molar-refractivity contribution in [1.82, 2.24) is 0 Å². The average molecular weight is 214 g/mol. The molecule has 0 spiro atoms. The molecule has 14 heavy (non-hydrogen) atoms. The highest BCUT2D eigenvalue weighted by Crippen LogP contribution is 2.08. The third-order valence-electron chi connectivity index (χ3n) is 2.47. The van der Waals surface area contributed by atoms with Crippen molar-refractivity contribution in [2.45, 2.75) is 45.6 Å². The van der Waals surface area contributed by atoms with Crippen LogP contribution in [0.4, 0.5) is 0 Å². The van der Waals surface area contributed by atoms with E-state index in [1.54, 1.807) is 0 Å². The van der Waals surface area contributed by atoms with Crippen molar-refractivity contribution in [3.8, 4) is 0 Å². The second kappa shape index (κ2) is 7.81. The molecule has 0 aromatic carbocycles. The van der Waals surface area contributed by atoms with E-state index in [2.05, 4.69) is 49.0 Å². The monoisotopic (exact) mass is 213 g/mol. The summed E-state index contributed by atoms with van der Waals surface area (Å²) in [5, 5.41) is 0. The fourth-order valence-corrected chi connectivity index (χ4v) is 1.54. The number of hydrogen-bond acceptors (Lipinski definition) is 0. The van der Waals surface area contributed by atoms with Gasteiger partial charge in [0, 0.05) is 18.6 Å². The normalized spacial score (nSPS) is 11.9. The molecular weight excluding hydrogens is 194 g/mol. The summed E-state index contributed by atoms with van der Waals surface area (Å²) in [5.41, 5.74) is 0. The smallest absolute Gasteiger partial charge is 0.169 e. The Hall–Kier alpha value is -0.560. The highest BCUT2D eigenvalue weighted by Gasteiger charge is 2.09. The fraction of sp³-hybridized carbons (Fsp3) is 0.583. The SMILES string of the molecule is CCCCCC(C)[n+]1ccccc1.[Cl-]. The zero-order chi connectivity index (χ0) is 9.52. The Balaban J connectivity index is 0.00000169. The number of hydrogen-bond donors (Lipinski definition) is 0. The van der Waals surface area contributed by atoms with Crippen LogP contribution in [0.5, 0.6) is 0 Å². The van der Waals surface area contributed by atoms with E-state index >= 15 is 0 Å². The van der Waals surface area contributed by atoms with Crippen LogP contribution in [0.3, 0.4) is 0 Å². The Labute approximate surface area is 93.6 Å². The molecule has 0 aliphatic heterocycles. The molecule has 0 aliphatic carbocycles. The molecule has 0 N–H and O–H groups in total. The van der Waals surface area contributed by atoms with Gasteiger partial charge < -0.3 is 12.4 Å². The van der Waals surface area contributed by atoms with Crippen LogP contribution in [0.2, 0.25) is 0 Å². The molecule has 1 unspecified atom stereocenters.